The summed E-state index contributed by atoms with van der Waals surface area (Å²) in [6.07, 6.45) is 3.09. The summed E-state index contributed by atoms with van der Waals surface area (Å²) in [4.78, 5) is 33.3. The Hall–Kier alpha value is -1.34. The number of ether oxygens (including phenoxy) is 1. The highest BCUT2D eigenvalue weighted by molar-refractivity contribution is 8.00. The lowest BCUT2D eigenvalue weighted by Gasteiger charge is -2.17. The molecule has 118 valence electrons. The van der Waals surface area contributed by atoms with Crippen LogP contribution < -0.4 is 5.56 Å². The van der Waals surface area contributed by atoms with E-state index in [4.69, 9.17) is 4.74 Å². The van der Waals surface area contributed by atoms with Crippen molar-refractivity contribution in [3.63, 3.8) is 0 Å². The minimum absolute atomic E-state index is 0.100. The summed E-state index contributed by atoms with van der Waals surface area (Å²) in [5, 5.41) is 0.809. The molecule has 0 fully saturated rings. The van der Waals surface area contributed by atoms with E-state index in [1.54, 1.807) is 18.3 Å². The van der Waals surface area contributed by atoms with Crippen molar-refractivity contribution >= 4 is 39.3 Å². The Morgan fingerprint density at radius 2 is 2.32 bits per heavy atom. The number of fused-ring (bicyclic) bond motifs is 3. The van der Waals surface area contributed by atoms with Crippen molar-refractivity contribution in [1.29, 1.82) is 0 Å². The molecule has 0 aromatic carbocycles. The van der Waals surface area contributed by atoms with Crippen LogP contribution in [0.1, 0.15) is 30.7 Å². The van der Waals surface area contributed by atoms with Crippen molar-refractivity contribution in [3.8, 4) is 0 Å². The van der Waals surface area contributed by atoms with Gasteiger partial charge in [-0.05, 0) is 37.7 Å². The van der Waals surface area contributed by atoms with Crippen LogP contribution in [0, 0.1) is 5.92 Å². The van der Waals surface area contributed by atoms with Crippen molar-refractivity contribution in [2.75, 3.05) is 7.11 Å². The number of carbonyl (C=O) groups is 1. The van der Waals surface area contributed by atoms with Crippen molar-refractivity contribution in [1.82, 2.24) is 9.97 Å². The van der Waals surface area contributed by atoms with Gasteiger partial charge >= 0.3 is 5.97 Å². The lowest BCUT2D eigenvalue weighted by atomic mass is 9.89. The third-order valence-electron chi connectivity index (χ3n) is 3.97. The summed E-state index contributed by atoms with van der Waals surface area (Å²) >= 11 is 2.83. The number of thiophene rings is 1. The highest BCUT2D eigenvalue weighted by Crippen LogP contribution is 2.36. The summed E-state index contributed by atoms with van der Waals surface area (Å²) in [6, 6.07) is 0. The molecular formula is C15H18N2O3S2. The second-order valence-electron chi connectivity index (χ2n) is 5.69. The van der Waals surface area contributed by atoms with Crippen LogP contribution in [0.25, 0.3) is 10.2 Å². The van der Waals surface area contributed by atoms with Crippen LogP contribution in [0.15, 0.2) is 9.95 Å². The van der Waals surface area contributed by atoms with Gasteiger partial charge in [-0.1, -0.05) is 18.7 Å². The molecule has 0 bridgehead atoms. The minimum Gasteiger partial charge on any atom is -0.468 e. The van der Waals surface area contributed by atoms with Gasteiger partial charge in [-0.25, -0.2) is 4.98 Å². The Bertz CT molecular complexity index is 781. The minimum atomic E-state index is -0.403. The lowest BCUT2D eigenvalue weighted by molar-refractivity contribution is -0.139. The molecule has 2 aromatic heterocycles. The maximum atomic E-state index is 12.4. The molecule has 2 aromatic rings. The molecule has 0 amide bonds. The summed E-state index contributed by atoms with van der Waals surface area (Å²) in [7, 11) is 1.35. The fraction of sp³-hybridized carbons (Fsp3) is 0.533. The standard InChI is InChI=1S/C15H18N2O3S2/c1-7-4-5-9-10(6-7)22-13-11(9)12(18)16-15(17-13)21-8(2)14(19)20-3/h7-8H,4-6H2,1-3H3,(H,16,17,18)/t7-,8+/m0/s1. The Balaban J connectivity index is 1.99. The molecule has 0 aliphatic heterocycles. The number of nitrogens with zero attached hydrogens (tertiary/aromatic N) is 1. The number of hydrogen-bond acceptors (Lipinski definition) is 6. The number of thioether (sulfide) groups is 1. The van der Waals surface area contributed by atoms with Crippen molar-refractivity contribution in [3.05, 3.63) is 20.8 Å². The van der Waals surface area contributed by atoms with Gasteiger partial charge in [0.15, 0.2) is 5.16 Å². The topological polar surface area (TPSA) is 72.0 Å². The molecule has 7 heteroatoms. The third kappa shape index (κ3) is 2.79. The second-order valence-corrected chi connectivity index (χ2v) is 8.10. The van der Waals surface area contributed by atoms with Crippen molar-refractivity contribution in [2.24, 2.45) is 5.92 Å². The summed E-state index contributed by atoms with van der Waals surface area (Å²) in [5.74, 6) is 0.333. The smallest absolute Gasteiger partial charge is 0.318 e. The Kier molecular flexibility index (Phi) is 4.27. The second kappa shape index (κ2) is 6.04. The molecule has 1 N–H and O–H groups in total. The molecule has 5 nitrogen and oxygen atoms in total. The normalized spacial score (nSPS) is 19.0. The molecule has 2 heterocycles. The highest BCUT2D eigenvalue weighted by atomic mass is 32.2. The summed E-state index contributed by atoms with van der Waals surface area (Å²) in [5.41, 5.74) is 1.07. The Morgan fingerprint density at radius 1 is 1.55 bits per heavy atom. The molecular weight excluding hydrogens is 320 g/mol. The molecule has 0 saturated carbocycles. The fourth-order valence-electron chi connectivity index (χ4n) is 2.77. The monoisotopic (exact) mass is 338 g/mol. The van der Waals surface area contributed by atoms with E-state index in [1.165, 1.54) is 29.3 Å². The predicted octanol–water partition coefficient (Wildman–Crippen LogP) is 2.76. The van der Waals surface area contributed by atoms with Gasteiger partial charge in [-0.3, -0.25) is 9.59 Å². The SMILES string of the molecule is COC(=O)[C@@H](C)Sc1nc2sc3c(c2c(=O)[nH]1)CC[C@H](C)C3. The van der Waals surface area contributed by atoms with E-state index in [-0.39, 0.29) is 11.5 Å². The summed E-state index contributed by atoms with van der Waals surface area (Å²) < 4.78 is 4.70. The first kappa shape index (κ1) is 15.6. The fourth-order valence-corrected chi connectivity index (χ4v) is 5.03. The maximum absolute atomic E-state index is 12.4. The molecule has 0 spiro atoms. The van der Waals surface area contributed by atoms with Crippen LogP contribution in [0.3, 0.4) is 0 Å². The van der Waals surface area contributed by atoms with E-state index in [0.717, 1.165) is 29.5 Å². The third-order valence-corrected chi connectivity index (χ3v) is 6.08. The molecule has 2 atom stereocenters. The average molecular weight is 338 g/mol. The first-order valence-corrected chi connectivity index (χ1v) is 8.98. The number of aryl methyl sites for hydroxylation is 1. The first-order valence-electron chi connectivity index (χ1n) is 7.28. The maximum Gasteiger partial charge on any atom is 0.318 e. The van der Waals surface area contributed by atoms with Gasteiger partial charge in [0.1, 0.15) is 10.1 Å². The molecule has 22 heavy (non-hydrogen) atoms. The van der Waals surface area contributed by atoms with Crippen LogP contribution in [-0.2, 0) is 22.4 Å². The van der Waals surface area contributed by atoms with Crippen LogP contribution in [0.2, 0.25) is 0 Å². The number of rotatable bonds is 3. The number of esters is 1. The van der Waals surface area contributed by atoms with E-state index in [2.05, 4.69) is 16.9 Å². The largest absolute Gasteiger partial charge is 0.468 e. The number of aromatic nitrogens is 2. The zero-order valence-corrected chi connectivity index (χ0v) is 14.4. The number of methoxy groups -OCH3 is 1. The molecule has 0 unspecified atom stereocenters. The van der Waals surface area contributed by atoms with Crippen LogP contribution in [-0.4, -0.2) is 28.3 Å². The van der Waals surface area contributed by atoms with Crippen molar-refractivity contribution < 1.29 is 9.53 Å². The van der Waals surface area contributed by atoms with E-state index in [9.17, 15) is 9.59 Å². The van der Waals surface area contributed by atoms with Crippen LogP contribution in [0.5, 0.6) is 0 Å². The molecule has 1 aliphatic carbocycles. The number of H-pyrrole nitrogens is 1. The van der Waals surface area contributed by atoms with Gasteiger partial charge in [0.2, 0.25) is 0 Å². The van der Waals surface area contributed by atoms with E-state index in [0.29, 0.717) is 11.1 Å². The molecule has 0 saturated heterocycles. The summed E-state index contributed by atoms with van der Waals surface area (Å²) in [6.45, 7) is 3.98. The van der Waals surface area contributed by atoms with Crippen molar-refractivity contribution in [2.45, 2.75) is 43.5 Å². The van der Waals surface area contributed by atoms with Gasteiger partial charge in [-0.2, -0.15) is 0 Å². The quantitative estimate of drug-likeness (QED) is 0.529. The van der Waals surface area contributed by atoms with Gasteiger partial charge < -0.3 is 9.72 Å². The van der Waals surface area contributed by atoms with Gasteiger partial charge in [0.25, 0.3) is 5.56 Å². The van der Waals surface area contributed by atoms with Crippen LogP contribution in [0.4, 0.5) is 0 Å². The number of carbonyl (C=O) groups excluding carboxylic acids is 1. The van der Waals surface area contributed by atoms with Gasteiger partial charge in [0.05, 0.1) is 12.5 Å². The highest BCUT2D eigenvalue weighted by Gasteiger charge is 2.24. The number of nitrogens with one attached hydrogen (secondary N) is 1. The first-order chi connectivity index (χ1) is 10.5. The molecule has 1 aliphatic rings. The predicted molar refractivity (Wildman–Crippen MR) is 88.8 cm³/mol. The Morgan fingerprint density at radius 3 is 3.05 bits per heavy atom. The lowest BCUT2D eigenvalue weighted by Crippen LogP contribution is -2.17. The van der Waals surface area contributed by atoms with E-state index < -0.39 is 5.25 Å². The zero-order valence-electron chi connectivity index (χ0n) is 12.8. The number of aromatic amines is 1. The molecule has 3 rings (SSSR count). The van der Waals surface area contributed by atoms with E-state index in [1.807, 2.05) is 0 Å². The average Bonchev–Trinajstić information content (AvgIpc) is 2.83. The number of hydrogen-bond donors (Lipinski definition) is 1. The molecule has 0 radical (unpaired) electrons. The zero-order chi connectivity index (χ0) is 15.9. The van der Waals surface area contributed by atoms with E-state index >= 15 is 0 Å². The van der Waals surface area contributed by atoms with Gasteiger partial charge in [0, 0.05) is 4.88 Å². The Labute approximate surface area is 136 Å². The van der Waals surface area contributed by atoms with Gasteiger partial charge in [-0.15, -0.1) is 11.3 Å². The van der Waals surface area contributed by atoms with Crippen LogP contribution >= 0.6 is 23.1 Å².